The molecule has 0 saturated heterocycles. The van der Waals surface area contributed by atoms with Gasteiger partial charge in [-0.1, -0.05) is 25.1 Å². The molecule has 154 valence electrons. The fraction of sp³-hybridized carbons (Fsp3) is 0.318. The number of aryl methyl sites for hydroxylation is 1. The molecule has 2 aromatic carbocycles. The number of hydrogen-bond acceptors (Lipinski definition) is 3. The molecule has 3 amide bonds. The molecule has 2 rings (SSSR count). The predicted molar refractivity (Wildman–Crippen MR) is 114 cm³/mol. The van der Waals surface area contributed by atoms with Gasteiger partial charge in [0.25, 0.3) is 17.7 Å². The number of quaternary nitrogens is 1. The number of likely N-dealkylation sites (N-methyl/N-ethyl adjacent to an activating group) is 1. The summed E-state index contributed by atoms with van der Waals surface area (Å²) in [5.74, 6) is -0.429. The molecule has 1 unspecified atom stereocenters. The highest BCUT2D eigenvalue weighted by molar-refractivity contribution is 5.96. The second-order valence-corrected chi connectivity index (χ2v) is 7.19. The Morgan fingerprint density at radius 1 is 0.897 bits per heavy atom. The molecule has 0 heterocycles. The first-order chi connectivity index (χ1) is 13.8. The van der Waals surface area contributed by atoms with E-state index < -0.39 is 0 Å². The fourth-order valence-corrected chi connectivity index (χ4v) is 2.92. The van der Waals surface area contributed by atoms with Crippen molar-refractivity contribution in [2.75, 3.05) is 44.9 Å². The van der Waals surface area contributed by atoms with Crippen molar-refractivity contribution in [1.29, 1.82) is 0 Å². The third-order valence-electron chi connectivity index (χ3n) is 4.42. The zero-order chi connectivity index (χ0) is 21.4. The maximum absolute atomic E-state index is 12.3. The third-order valence-corrected chi connectivity index (χ3v) is 4.42. The lowest BCUT2D eigenvalue weighted by atomic mass is 10.1. The molecule has 7 nitrogen and oxygen atoms in total. The summed E-state index contributed by atoms with van der Waals surface area (Å²) < 4.78 is 0. The normalized spacial score (nSPS) is 11.4. The number of benzene rings is 2. The molecule has 0 fully saturated rings. The van der Waals surface area contributed by atoms with Gasteiger partial charge >= 0.3 is 0 Å². The number of anilines is 2. The van der Waals surface area contributed by atoms with E-state index in [4.69, 9.17) is 0 Å². The molecular weight excluding hydrogens is 368 g/mol. The van der Waals surface area contributed by atoms with Gasteiger partial charge < -0.3 is 20.4 Å². The maximum atomic E-state index is 12.3. The summed E-state index contributed by atoms with van der Waals surface area (Å²) in [4.78, 5) is 38.7. The Hall–Kier alpha value is -3.19. The summed E-state index contributed by atoms with van der Waals surface area (Å²) in [7, 11) is 5.17. The lowest BCUT2D eigenvalue weighted by Crippen LogP contribution is -3.11. The Balaban J connectivity index is 1.84. The van der Waals surface area contributed by atoms with Gasteiger partial charge in [0, 0.05) is 31.0 Å². The molecule has 0 aliphatic rings. The number of nitrogens with zero attached hydrogens (tertiary/aromatic N) is 1. The van der Waals surface area contributed by atoms with Gasteiger partial charge in [0.15, 0.2) is 13.1 Å². The van der Waals surface area contributed by atoms with Gasteiger partial charge in [0.05, 0.1) is 7.05 Å². The summed E-state index contributed by atoms with van der Waals surface area (Å²) in [5.41, 5.74) is 3.05. The van der Waals surface area contributed by atoms with Crippen molar-refractivity contribution >= 4 is 29.1 Å². The SMILES string of the molecule is CCc1ccccc1NC(=O)C[NH+](C)CC(=O)Nc1ccc(C(=O)N(C)C)cc1. The van der Waals surface area contributed by atoms with E-state index >= 15 is 0 Å². The number of para-hydroxylation sites is 1. The molecule has 7 heteroatoms. The van der Waals surface area contributed by atoms with Crippen LogP contribution in [0.3, 0.4) is 0 Å². The molecule has 0 radical (unpaired) electrons. The molecule has 0 aliphatic carbocycles. The van der Waals surface area contributed by atoms with Gasteiger partial charge in [-0.15, -0.1) is 0 Å². The Bertz CT molecular complexity index is 863. The van der Waals surface area contributed by atoms with E-state index in [1.54, 1.807) is 45.4 Å². The second-order valence-electron chi connectivity index (χ2n) is 7.19. The summed E-state index contributed by atoms with van der Waals surface area (Å²) in [5, 5.41) is 5.71. The van der Waals surface area contributed by atoms with E-state index in [-0.39, 0.29) is 30.8 Å². The van der Waals surface area contributed by atoms with Crippen LogP contribution in [-0.4, -0.2) is 56.9 Å². The van der Waals surface area contributed by atoms with Crippen LogP contribution in [0, 0.1) is 0 Å². The van der Waals surface area contributed by atoms with Crippen molar-refractivity contribution in [2.45, 2.75) is 13.3 Å². The monoisotopic (exact) mass is 397 g/mol. The van der Waals surface area contributed by atoms with Crippen molar-refractivity contribution < 1.29 is 19.3 Å². The van der Waals surface area contributed by atoms with Crippen LogP contribution in [0.2, 0.25) is 0 Å². The third kappa shape index (κ3) is 6.73. The number of rotatable bonds is 8. The second kappa shape index (κ2) is 10.4. The zero-order valence-corrected chi connectivity index (χ0v) is 17.4. The van der Waals surface area contributed by atoms with Crippen LogP contribution in [0.5, 0.6) is 0 Å². The van der Waals surface area contributed by atoms with Crippen LogP contribution < -0.4 is 15.5 Å². The lowest BCUT2D eigenvalue weighted by Gasteiger charge is -2.15. The van der Waals surface area contributed by atoms with Crippen molar-refractivity contribution in [2.24, 2.45) is 0 Å². The first-order valence-corrected chi connectivity index (χ1v) is 9.60. The van der Waals surface area contributed by atoms with E-state index in [1.807, 2.05) is 31.2 Å². The average Bonchev–Trinajstić information content (AvgIpc) is 2.68. The molecule has 0 aromatic heterocycles. The quantitative estimate of drug-likeness (QED) is 0.623. The molecule has 0 bridgehead atoms. The van der Waals surface area contributed by atoms with Crippen molar-refractivity contribution in [1.82, 2.24) is 4.90 Å². The summed E-state index contributed by atoms with van der Waals surface area (Å²) in [6, 6.07) is 14.4. The van der Waals surface area contributed by atoms with Gasteiger partial charge in [-0.2, -0.15) is 0 Å². The van der Waals surface area contributed by atoms with Gasteiger partial charge in [-0.3, -0.25) is 14.4 Å². The lowest BCUT2D eigenvalue weighted by molar-refractivity contribution is -0.862. The molecule has 2 aromatic rings. The van der Waals surface area contributed by atoms with Crippen LogP contribution >= 0.6 is 0 Å². The van der Waals surface area contributed by atoms with Crippen molar-refractivity contribution in [3.63, 3.8) is 0 Å². The van der Waals surface area contributed by atoms with Crippen molar-refractivity contribution in [3.05, 3.63) is 59.7 Å². The van der Waals surface area contributed by atoms with E-state index in [2.05, 4.69) is 10.6 Å². The average molecular weight is 397 g/mol. The van der Waals surface area contributed by atoms with E-state index in [9.17, 15) is 14.4 Å². The summed E-state index contributed by atoms with van der Waals surface area (Å²) in [6.45, 7) is 2.37. The van der Waals surface area contributed by atoms with Gasteiger partial charge in [-0.25, -0.2) is 0 Å². The molecule has 1 atom stereocenters. The van der Waals surface area contributed by atoms with Crippen LogP contribution in [0.15, 0.2) is 48.5 Å². The highest BCUT2D eigenvalue weighted by Gasteiger charge is 2.15. The Morgan fingerprint density at radius 3 is 2.07 bits per heavy atom. The highest BCUT2D eigenvalue weighted by Crippen LogP contribution is 2.15. The number of amides is 3. The Labute approximate surface area is 171 Å². The van der Waals surface area contributed by atoms with Crippen LogP contribution in [0.1, 0.15) is 22.8 Å². The van der Waals surface area contributed by atoms with Gasteiger partial charge in [0.1, 0.15) is 0 Å². The van der Waals surface area contributed by atoms with Crippen LogP contribution in [-0.2, 0) is 16.0 Å². The number of nitrogens with one attached hydrogen (secondary N) is 3. The van der Waals surface area contributed by atoms with Gasteiger partial charge in [-0.05, 0) is 42.3 Å². The minimum absolute atomic E-state index is 0.0947. The van der Waals surface area contributed by atoms with Crippen molar-refractivity contribution in [3.8, 4) is 0 Å². The minimum Gasteiger partial charge on any atom is -0.345 e. The molecule has 0 aliphatic heterocycles. The molecule has 29 heavy (non-hydrogen) atoms. The van der Waals surface area contributed by atoms with Crippen LogP contribution in [0.4, 0.5) is 11.4 Å². The largest absolute Gasteiger partial charge is 0.345 e. The number of carbonyl (C=O) groups excluding carboxylic acids is 3. The first kappa shape index (κ1) is 22.1. The number of hydrogen-bond donors (Lipinski definition) is 3. The summed E-state index contributed by atoms with van der Waals surface area (Å²) >= 11 is 0. The van der Waals surface area contributed by atoms with Crippen LogP contribution in [0.25, 0.3) is 0 Å². The minimum atomic E-state index is -0.198. The Kier molecular flexibility index (Phi) is 7.91. The molecule has 3 N–H and O–H groups in total. The van der Waals surface area contributed by atoms with E-state index in [1.165, 1.54) is 4.90 Å². The Morgan fingerprint density at radius 2 is 1.48 bits per heavy atom. The smallest absolute Gasteiger partial charge is 0.279 e. The van der Waals surface area contributed by atoms with E-state index in [0.717, 1.165) is 22.6 Å². The van der Waals surface area contributed by atoms with E-state index in [0.29, 0.717) is 11.3 Å². The fourth-order valence-electron chi connectivity index (χ4n) is 2.92. The number of carbonyl (C=O) groups is 3. The predicted octanol–water partition coefficient (Wildman–Crippen LogP) is 1.04. The molecule has 0 spiro atoms. The maximum Gasteiger partial charge on any atom is 0.279 e. The molecular formula is C22H29N4O3+. The topological polar surface area (TPSA) is 83.0 Å². The molecule has 0 saturated carbocycles. The highest BCUT2D eigenvalue weighted by atomic mass is 16.2. The zero-order valence-electron chi connectivity index (χ0n) is 17.4. The first-order valence-electron chi connectivity index (χ1n) is 9.60. The van der Waals surface area contributed by atoms with Gasteiger partial charge in [0.2, 0.25) is 0 Å². The summed E-state index contributed by atoms with van der Waals surface area (Å²) in [6.07, 6.45) is 0.834. The standard InChI is InChI=1S/C22H28N4O3/c1-5-16-8-6-7-9-19(16)24-21(28)15-26(4)14-20(27)23-18-12-10-17(11-13-18)22(29)25(2)3/h6-13H,5,14-15H2,1-4H3,(H,23,27)(H,24,28)/p+1.